The number of benzene rings is 1. The van der Waals surface area contributed by atoms with Crippen molar-refractivity contribution in [3.05, 3.63) is 41.4 Å². The van der Waals surface area contributed by atoms with Crippen LogP contribution in [0.1, 0.15) is 29.1 Å². The third kappa shape index (κ3) is 3.09. The molecule has 1 amide bonds. The molecular weight excluding hydrogens is 275 g/mol. The molecule has 108 valence electrons. The van der Waals surface area contributed by atoms with Crippen LogP contribution >= 0.6 is 0 Å². The molecule has 0 aliphatic carbocycles. The van der Waals surface area contributed by atoms with E-state index in [9.17, 15) is 14.3 Å². The maximum absolute atomic E-state index is 13.0. The van der Waals surface area contributed by atoms with Gasteiger partial charge in [0.1, 0.15) is 23.2 Å². The smallest absolute Gasteiger partial charge is 0.258 e. The normalized spacial score (nSPS) is 11.7. The first-order chi connectivity index (χ1) is 10.0. The molecule has 6 heteroatoms. The van der Waals surface area contributed by atoms with Crippen molar-refractivity contribution in [2.24, 2.45) is 0 Å². The first kappa shape index (κ1) is 14.8. The van der Waals surface area contributed by atoms with Crippen molar-refractivity contribution in [1.82, 2.24) is 10.5 Å². The van der Waals surface area contributed by atoms with Crippen molar-refractivity contribution >= 4 is 5.91 Å². The number of terminal acetylenes is 1. The second-order valence-electron chi connectivity index (χ2n) is 4.34. The molecule has 0 aliphatic rings. The Morgan fingerprint density at radius 1 is 1.52 bits per heavy atom. The highest BCUT2D eigenvalue weighted by Gasteiger charge is 2.26. The number of halogens is 1. The minimum Gasteiger partial charge on any atom is -0.385 e. The number of aromatic nitrogens is 1. The molecular formula is C15H13FN2O3. The second-order valence-corrected chi connectivity index (χ2v) is 4.34. The summed E-state index contributed by atoms with van der Waals surface area (Å²) in [5.41, 5.74) is 0.810. The maximum atomic E-state index is 13.0. The Balaban J connectivity index is 2.49. The van der Waals surface area contributed by atoms with Gasteiger partial charge in [-0.1, -0.05) is 11.1 Å². The number of carbonyl (C=O) groups excluding carboxylic acids is 1. The van der Waals surface area contributed by atoms with Gasteiger partial charge >= 0.3 is 0 Å². The number of hydrogen-bond acceptors (Lipinski definition) is 4. The van der Waals surface area contributed by atoms with Crippen LogP contribution in [-0.2, 0) is 0 Å². The first-order valence-electron chi connectivity index (χ1n) is 6.19. The minimum absolute atomic E-state index is 0.0313. The molecule has 1 atom stereocenters. The summed E-state index contributed by atoms with van der Waals surface area (Å²) in [6.45, 7) is 1.49. The van der Waals surface area contributed by atoms with E-state index in [0.29, 0.717) is 5.56 Å². The molecule has 0 radical (unpaired) electrons. The van der Waals surface area contributed by atoms with E-state index in [0.717, 1.165) is 0 Å². The Labute approximate surface area is 120 Å². The van der Waals surface area contributed by atoms with Gasteiger partial charge in [0, 0.05) is 5.56 Å². The minimum atomic E-state index is -1.02. The lowest BCUT2D eigenvalue weighted by Crippen LogP contribution is -2.25. The summed E-state index contributed by atoms with van der Waals surface area (Å²) in [6.07, 6.45) is 4.08. The molecule has 5 nitrogen and oxygen atoms in total. The SMILES string of the molecule is C#CCNC(=O)c1c(-c2ccc(F)cc2)noc1[C@H](C)O. The number of rotatable bonds is 4. The van der Waals surface area contributed by atoms with Gasteiger partial charge in [0.25, 0.3) is 5.91 Å². The first-order valence-corrected chi connectivity index (χ1v) is 6.19. The summed E-state index contributed by atoms with van der Waals surface area (Å²) in [7, 11) is 0. The lowest BCUT2D eigenvalue weighted by atomic mass is 10.0. The molecule has 0 aliphatic heterocycles. The molecule has 0 bridgehead atoms. The predicted octanol–water partition coefficient (Wildman–Crippen LogP) is 1.90. The zero-order valence-corrected chi connectivity index (χ0v) is 11.3. The van der Waals surface area contributed by atoms with Crippen LogP contribution in [0.4, 0.5) is 4.39 Å². The van der Waals surface area contributed by atoms with Gasteiger partial charge in [-0.25, -0.2) is 4.39 Å². The van der Waals surface area contributed by atoms with Crippen LogP contribution in [0.15, 0.2) is 28.8 Å². The van der Waals surface area contributed by atoms with Gasteiger partial charge in [0.2, 0.25) is 0 Å². The Bertz CT molecular complexity index is 684. The molecule has 21 heavy (non-hydrogen) atoms. The molecule has 2 N–H and O–H groups in total. The van der Waals surface area contributed by atoms with Crippen molar-refractivity contribution in [3.63, 3.8) is 0 Å². The van der Waals surface area contributed by atoms with E-state index >= 15 is 0 Å². The Hall–Kier alpha value is -2.65. The lowest BCUT2D eigenvalue weighted by Gasteiger charge is -2.05. The molecule has 1 aromatic heterocycles. The monoisotopic (exact) mass is 288 g/mol. The standard InChI is InChI=1S/C15H13FN2O3/c1-3-8-17-15(20)12-13(18-21-14(12)9(2)19)10-4-6-11(16)7-5-10/h1,4-7,9,19H,8H2,2H3,(H,17,20)/t9-/m0/s1. The summed E-state index contributed by atoms with van der Waals surface area (Å²) in [5, 5.41) is 16.0. The van der Waals surface area contributed by atoms with E-state index in [1.54, 1.807) is 0 Å². The summed E-state index contributed by atoms with van der Waals surface area (Å²) in [4.78, 5) is 12.2. The highest BCUT2D eigenvalue weighted by atomic mass is 19.1. The summed E-state index contributed by atoms with van der Waals surface area (Å²) < 4.78 is 18.0. The van der Waals surface area contributed by atoms with E-state index in [1.807, 2.05) is 0 Å². The molecule has 1 heterocycles. The van der Waals surface area contributed by atoms with Gasteiger partial charge < -0.3 is 14.9 Å². The van der Waals surface area contributed by atoms with Crippen LogP contribution in [0.25, 0.3) is 11.3 Å². The summed E-state index contributed by atoms with van der Waals surface area (Å²) in [5.74, 6) is 1.40. The molecule has 0 fully saturated rings. The largest absolute Gasteiger partial charge is 0.385 e. The Morgan fingerprint density at radius 2 is 2.19 bits per heavy atom. The zero-order valence-electron chi connectivity index (χ0n) is 11.3. The van der Waals surface area contributed by atoms with E-state index < -0.39 is 17.8 Å². The second kappa shape index (κ2) is 6.20. The van der Waals surface area contributed by atoms with Gasteiger partial charge in [0.15, 0.2) is 5.76 Å². The molecule has 1 aromatic carbocycles. The van der Waals surface area contributed by atoms with Crippen molar-refractivity contribution in [1.29, 1.82) is 0 Å². The third-order valence-electron chi connectivity index (χ3n) is 2.79. The van der Waals surface area contributed by atoms with Gasteiger partial charge in [-0.3, -0.25) is 4.79 Å². The Kier molecular flexibility index (Phi) is 4.36. The van der Waals surface area contributed by atoms with E-state index in [1.165, 1.54) is 31.2 Å². The highest BCUT2D eigenvalue weighted by Crippen LogP contribution is 2.29. The summed E-state index contributed by atoms with van der Waals surface area (Å²) >= 11 is 0. The third-order valence-corrected chi connectivity index (χ3v) is 2.79. The quantitative estimate of drug-likeness (QED) is 0.843. The van der Waals surface area contributed by atoms with E-state index in [4.69, 9.17) is 10.9 Å². The van der Waals surface area contributed by atoms with Crippen LogP contribution in [0.3, 0.4) is 0 Å². The van der Waals surface area contributed by atoms with E-state index in [2.05, 4.69) is 16.4 Å². The molecule has 0 saturated heterocycles. The number of hydrogen-bond donors (Lipinski definition) is 2. The van der Waals surface area contributed by atoms with Crippen LogP contribution in [0.5, 0.6) is 0 Å². The topological polar surface area (TPSA) is 75.4 Å². The number of amides is 1. The number of aliphatic hydroxyl groups excluding tert-OH is 1. The van der Waals surface area contributed by atoms with Gasteiger partial charge in [-0.15, -0.1) is 6.42 Å². The van der Waals surface area contributed by atoms with E-state index in [-0.39, 0.29) is 23.6 Å². The fourth-order valence-electron chi connectivity index (χ4n) is 1.83. The average molecular weight is 288 g/mol. The summed E-state index contributed by atoms with van der Waals surface area (Å²) in [6, 6.07) is 5.43. The maximum Gasteiger partial charge on any atom is 0.258 e. The van der Waals surface area contributed by atoms with Crippen LogP contribution in [0, 0.1) is 18.2 Å². The number of aliphatic hydroxyl groups is 1. The van der Waals surface area contributed by atoms with Crippen LogP contribution < -0.4 is 5.32 Å². The van der Waals surface area contributed by atoms with Crippen molar-refractivity contribution in [2.45, 2.75) is 13.0 Å². The molecule has 0 spiro atoms. The van der Waals surface area contributed by atoms with Crippen LogP contribution in [-0.4, -0.2) is 22.7 Å². The molecule has 0 saturated carbocycles. The van der Waals surface area contributed by atoms with Crippen LogP contribution in [0.2, 0.25) is 0 Å². The van der Waals surface area contributed by atoms with Gasteiger partial charge in [-0.05, 0) is 31.2 Å². The Morgan fingerprint density at radius 3 is 2.76 bits per heavy atom. The van der Waals surface area contributed by atoms with Crippen molar-refractivity contribution < 1.29 is 18.8 Å². The van der Waals surface area contributed by atoms with Crippen molar-refractivity contribution in [3.8, 4) is 23.6 Å². The number of carbonyl (C=O) groups is 1. The zero-order chi connectivity index (χ0) is 15.4. The van der Waals surface area contributed by atoms with Crippen molar-refractivity contribution in [2.75, 3.05) is 6.54 Å². The fraction of sp³-hybridized carbons (Fsp3) is 0.200. The fourth-order valence-corrected chi connectivity index (χ4v) is 1.83. The highest BCUT2D eigenvalue weighted by molar-refractivity contribution is 6.01. The molecule has 0 unspecified atom stereocenters. The van der Waals surface area contributed by atoms with Gasteiger partial charge in [-0.2, -0.15) is 0 Å². The van der Waals surface area contributed by atoms with Gasteiger partial charge in [0.05, 0.1) is 6.54 Å². The number of nitrogens with zero attached hydrogens (tertiary/aromatic N) is 1. The average Bonchev–Trinajstić information content (AvgIpc) is 2.90. The molecule has 2 aromatic rings. The number of nitrogens with one attached hydrogen (secondary N) is 1. The molecule has 2 rings (SSSR count). The predicted molar refractivity (Wildman–Crippen MR) is 73.7 cm³/mol. The lowest BCUT2D eigenvalue weighted by molar-refractivity contribution is 0.0946.